The van der Waals surface area contributed by atoms with Crippen molar-refractivity contribution in [3.63, 3.8) is 0 Å². The second-order valence-corrected chi connectivity index (χ2v) is 4.89. The molecule has 96 valence electrons. The summed E-state index contributed by atoms with van der Waals surface area (Å²) in [5.41, 5.74) is 7.69. The number of methoxy groups -OCH3 is 1. The highest BCUT2D eigenvalue weighted by molar-refractivity contribution is 7.99. The minimum Gasteiger partial charge on any atom is -0.497 e. The third-order valence-corrected chi connectivity index (χ3v) is 3.65. The van der Waals surface area contributed by atoms with E-state index in [4.69, 9.17) is 14.9 Å². The van der Waals surface area contributed by atoms with Gasteiger partial charge in [-0.1, -0.05) is 6.07 Å². The van der Waals surface area contributed by atoms with Gasteiger partial charge in [-0.3, -0.25) is 0 Å². The maximum absolute atomic E-state index is 5.73. The Kier molecular flexibility index (Phi) is 3.93. The zero-order valence-corrected chi connectivity index (χ0v) is 11.5. The first kappa shape index (κ1) is 13.0. The predicted molar refractivity (Wildman–Crippen MR) is 71.0 cm³/mol. The number of nitrogens with zero attached hydrogens (tertiary/aromatic N) is 1. The summed E-state index contributed by atoms with van der Waals surface area (Å²) in [7, 11) is 1.64. The van der Waals surface area contributed by atoms with Gasteiger partial charge in [0.2, 0.25) is 0 Å². The highest BCUT2D eigenvalue weighted by atomic mass is 32.2. The lowest BCUT2D eigenvalue weighted by Crippen LogP contribution is -1.98. The van der Waals surface area contributed by atoms with Crippen molar-refractivity contribution in [2.75, 3.05) is 7.11 Å². The van der Waals surface area contributed by atoms with Crippen LogP contribution in [-0.2, 0) is 6.54 Å². The van der Waals surface area contributed by atoms with Gasteiger partial charge < -0.3 is 14.9 Å². The lowest BCUT2D eigenvalue weighted by atomic mass is 10.2. The molecule has 0 spiro atoms. The Morgan fingerprint density at radius 3 is 2.72 bits per heavy atom. The summed E-state index contributed by atoms with van der Waals surface area (Å²) in [6.45, 7) is 4.31. The normalized spacial score (nSPS) is 10.7. The average Bonchev–Trinajstić information content (AvgIpc) is 2.68. The van der Waals surface area contributed by atoms with E-state index in [1.807, 2.05) is 32.0 Å². The third kappa shape index (κ3) is 2.68. The smallest absolute Gasteiger partial charge is 0.261 e. The Morgan fingerprint density at radius 2 is 2.17 bits per heavy atom. The average molecular weight is 264 g/mol. The van der Waals surface area contributed by atoms with E-state index in [0.29, 0.717) is 11.8 Å². The van der Waals surface area contributed by atoms with Crippen molar-refractivity contribution in [2.24, 2.45) is 5.73 Å². The van der Waals surface area contributed by atoms with Gasteiger partial charge in [0.15, 0.2) is 0 Å². The Hall–Kier alpha value is -1.46. The van der Waals surface area contributed by atoms with Crippen molar-refractivity contribution in [3.05, 3.63) is 35.2 Å². The SMILES string of the molecule is COc1ccc(CN)c(Sc2nc(C)c(C)o2)c1. The topological polar surface area (TPSA) is 61.3 Å². The van der Waals surface area contributed by atoms with Crippen LogP contribution >= 0.6 is 11.8 Å². The molecule has 0 amide bonds. The minimum absolute atomic E-state index is 0.477. The van der Waals surface area contributed by atoms with E-state index in [1.165, 1.54) is 11.8 Å². The van der Waals surface area contributed by atoms with Gasteiger partial charge >= 0.3 is 0 Å². The number of ether oxygens (including phenoxy) is 1. The van der Waals surface area contributed by atoms with Crippen LogP contribution in [-0.4, -0.2) is 12.1 Å². The van der Waals surface area contributed by atoms with Crippen molar-refractivity contribution in [3.8, 4) is 5.75 Å². The molecule has 4 nitrogen and oxygen atoms in total. The summed E-state index contributed by atoms with van der Waals surface area (Å²) in [5, 5.41) is 0.632. The number of hydrogen-bond donors (Lipinski definition) is 1. The molecule has 5 heteroatoms. The number of aromatic nitrogens is 1. The van der Waals surface area contributed by atoms with E-state index in [0.717, 1.165) is 27.7 Å². The fourth-order valence-corrected chi connectivity index (χ4v) is 2.50. The molecule has 0 saturated heterocycles. The van der Waals surface area contributed by atoms with Crippen molar-refractivity contribution >= 4 is 11.8 Å². The van der Waals surface area contributed by atoms with Gasteiger partial charge in [0.25, 0.3) is 5.22 Å². The number of oxazole rings is 1. The van der Waals surface area contributed by atoms with Gasteiger partial charge in [-0.15, -0.1) is 0 Å². The van der Waals surface area contributed by atoms with Crippen LogP contribution in [0, 0.1) is 13.8 Å². The van der Waals surface area contributed by atoms with E-state index >= 15 is 0 Å². The number of nitrogens with two attached hydrogens (primary N) is 1. The van der Waals surface area contributed by atoms with Crippen LogP contribution in [0.4, 0.5) is 0 Å². The van der Waals surface area contributed by atoms with Gasteiger partial charge in [-0.2, -0.15) is 0 Å². The van der Waals surface area contributed by atoms with Crippen LogP contribution in [0.1, 0.15) is 17.0 Å². The van der Waals surface area contributed by atoms with Gasteiger partial charge in [0.1, 0.15) is 11.5 Å². The fourth-order valence-electron chi connectivity index (χ4n) is 1.51. The van der Waals surface area contributed by atoms with Gasteiger partial charge in [0.05, 0.1) is 12.8 Å². The first-order valence-corrected chi connectivity index (χ1v) is 6.44. The molecule has 0 aliphatic heterocycles. The minimum atomic E-state index is 0.477. The number of rotatable bonds is 4. The van der Waals surface area contributed by atoms with Crippen molar-refractivity contribution in [1.82, 2.24) is 4.98 Å². The fraction of sp³-hybridized carbons (Fsp3) is 0.308. The molecule has 0 aliphatic rings. The van der Waals surface area contributed by atoms with Crippen molar-refractivity contribution in [2.45, 2.75) is 30.5 Å². The van der Waals surface area contributed by atoms with Crippen LogP contribution < -0.4 is 10.5 Å². The number of hydrogen-bond acceptors (Lipinski definition) is 5. The van der Waals surface area contributed by atoms with Crippen LogP contribution in [0.5, 0.6) is 5.75 Å². The zero-order valence-electron chi connectivity index (χ0n) is 10.7. The van der Waals surface area contributed by atoms with E-state index < -0.39 is 0 Å². The van der Waals surface area contributed by atoms with E-state index in [-0.39, 0.29) is 0 Å². The zero-order chi connectivity index (χ0) is 13.1. The summed E-state index contributed by atoms with van der Waals surface area (Å²) in [4.78, 5) is 5.36. The quantitative estimate of drug-likeness (QED) is 0.920. The maximum Gasteiger partial charge on any atom is 0.261 e. The number of aryl methyl sites for hydroxylation is 2. The van der Waals surface area contributed by atoms with Crippen LogP contribution in [0.3, 0.4) is 0 Å². The van der Waals surface area contributed by atoms with Crippen LogP contribution in [0.25, 0.3) is 0 Å². The predicted octanol–water partition coefficient (Wildman–Crippen LogP) is 2.91. The first-order valence-electron chi connectivity index (χ1n) is 5.63. The molecule has 1 aromatic carbocycles. The third-order valence-electron chi connectivity index (χ3n) is 2.70. The Bertz CT molecular complexity index is 532. The summed E-state index contributed by atoms with van der Waals surface area (Å²) in [5.74, 6) is 1.64. The highest BCUT2D eigenvalue weighted by Gasteiger charge is 2.11. The molecular formula is C13H16N2O2S. The molecule has 2 rings (SSSR count). The molecule has 2 N–H and O–H groups in total. The van der Waals surface area contributed by atoms with Crippen LogP contribution in [0.15, 0.2) is 32.7 Å². The highest BCUT2D eigenvalue weighted by Crippen LogP contribution is 2.33. The lowest BCUT2D eigenvalue weighted by Gasteiger charge is -2.07. The van der Waals surface area contributed by atoms with Gasteiger partial charge in [0, 0.05) is 11.4 Å². The Morgan fingerprint density at radius 1 is 1.39 bits per heavy atom. The van der Waals surface area contributed by atoms with Gasteiger partial charge in [-0.05, 0) is 43.3 Å². The molecule has 2 aromatic rings. The van der Waals surface area contributed by atoms with E-state index in [1.54, 1.807) is 7.11 Å². The summed E-state index contributed by atoms with van der Waals surface area (Å²) >= 11 is 1.47. The molecule has 0 fully saturated rings. The standard InChI is InChI=1S/C13H16N2O2S/c1-8-9(2)17-13(15-8)18-12-6-11(16-3)5-4-10(12)7-14/h4-6H,7,14H2,1-3H3. The van der Waals surface area contributed by atoms with Crippen molar-refractivity contribution < 1.29 is 9.15 Å². The molecule has 0 atom stereocenters. The van der Waals surface area contributed by atoms with E-state index in [9.17, 15) is 0 Å². The summed E-state index contributed by atoms with van der Waals surface area (Å²) in [6, 6.07) is 5.81. The van der Waals surface area contributed by atoms with Gasteiger partial charge in [-0.25, -0.2) is 4.98 Å². The molecule has 18 heavy (non-hydrogen) atoms. The second kappa shape index (κ2) is 5.46. The molecule has 1 aromatic heterocycles. The molecule has 0 radical (unpaired) electrons. The summed E-state index contributed by atoms with van der Waals surface area (Å²) < 4.78 is 10.8. The molecule has 0 bridgehead atoms. The molecule has 0 saturated carbocycles. The van der Waals surface area contributed by atoms with E-state index in [2.05, 4.69) is 4.98 Å². The molecular weight excluding hydrogens is 248 g/mol. The molecule has 1 heterocycles. The molecule has 0 aliphatic carbocycles. The first-order chi connectivity index (χ1) is 8.63. The second-order valence-electron chi connectivity index (χ2n) is 3.90. The largest absolute Gasteiger partial charge is 0.497 e. The monoisotopic (exact) mass is 264 g/mol. The number of benzene rings is 1. The maximum atomic E-state index is 5.73. The molecule has 0 unspecified atom stereocenters. The Balaban J connectivity index is 2.31. The summed E-state index contributed by atoms with van der Waals surface area (Å²) in [6.07, 6.45) is 0. The lowest BCUT2D eigenvalue weighted by molar-refractivity contribution is 0.413. The van der Waals surface area contributed by atoms with Crippen molar-refractivity contribution in [1.29, 1.82) is 0 Å². The van der Waals surface area contributed by atoms with Crippen LogP contribution in [0.2, 0.25) is 0 Å². The Labute approximate surface area is 111 Å².